The molecule has 1 aliphatic carbocycles. The molecule has 0 aliphatic heterocycles. The second-order valence-corrected chi connectivity index (χ2v) is 4.99. The summed E-state index contributed by atoms with van der Waals surface area (Å²) in [7, 11) is 0. The molecule has 1 amide bonds. The van der Waals surface area contributed by atoms with Crippen LogP contribution in [0.25, 0.3) is 0 Å². The first-order valence-electron chi connectivity index (χ1n) is 6.40. The number of anilines is 1. The summed E-state index contributed by atoms with van der Waals surface area (Å²) in [6.45, 7) is 3.28. The highest BCUT2D eigenvalue weighted by Gasteiger charge is 2.39. The van der Waals surface area contributed by atoms with Gasteiger partial charge >= 0.3 is 0 Å². The quantitative estimate of drug-likeness (QED) is 0.814. The van der Waals surface area contributed by atoms with Crippen LogP contribution in [0.2, 0.25) is 0 Å². The van der Waals surface area contributed by atoms with Crippen molar-refractivity contribution < 1.29 is 9.18 Å². The highest BCUT2D eigenvalue weighted by molar-refractivity contribution is 5.92. The van der Waals surface area contributed by atoms with Gasteiger partial charge in [0.2, 0.25) is 5.91 Å². The molecule has 1 aromatic rings. The average molecular weight is 250 g/mol. The summed E-state index contributed by atoms with van der Waals surface area (Å²) >= 11 is 0. The van der Waals surface area contributed by atoms with Gasteiger partial charge in [-0.15, -0.1) is 0 Å². The van der Waals surface area contributed by atoms with Gasteiger partial charge in [0.05, 0.1) is 12.2 Å². The van der Waals surface area contributed by atoms with E-state index in [1.807, 2.05) is 0 Å². The maximum Gasteiger partial charge on any atom is 0.238 e. The Morgan fingerprint density at radius 1 is 1.39 bits per heavy atom. The monoisotopic (exact) mass is 250 g/mol. The van der Waals surface area contributed by atoms with Crippen molar-refractivity contribution in [2.75, 3.05) is 18.4 Å². The summed E-state index contributed by atoms with van der Waals surface area (Å²) in [5, 5.41) is 5.70. The van der Waals surface area contributed by atoms with Crippen molar-refractivity contribution >= 4 is 11.6 Å². The number of amides is 1. The van der Waals surface area contributed by atoms with E-state index in [4.69, 9.17) is 0 Å². The predicted molar refractivity (Wildman–Crippen MR) is 69.9 cm³/mol. The second kappa shape index (κ2) is 5.48. The SMILES string of the molecule is CCC1(CNCC(=O)Nc2ccccc2F)CC1. The standard InChI is InChI=1S/C14H19FN2O/c1-2-14(7-8-14)10-16-9-13(18)17-12-6-4-3-5-11(12)15/h3-6,16H,2,7-10H2,1H3,(H,17,18). The molecule has 2 N–H and O–H groups in total. The third kappa shape index (κ3) is 3.29. The maximum atomic E-state index is 13.3. The maximum absolute atomic E-state index is 13.3. The van der Waals surface area contributed by atoms with Gasteiger partial charge in [-0.05, 0) is 36.8 Å². The van der Waals surface area contributed by atoms with E-state index in [2.05, 4.69) is 17.6 Å². The number of carbonyl (C=O) groups excluding carboxylic acids is 1. The van der Waals surface area contributed by atoms with Gasteiger partial charge in [-0.3, -0.25) is 4.79 Å². The molecule has 1 aliphatic rings. The van der Waals surface area contributed by atoms with Crippen LogP contribution in [-0.4, -0.2) is 19.0 Å². The highest BCUT2D eigenvalue weighted by atomic mass is 19.1. The van der Waals surface area contributed by atoms with Crippen molar-refractivity contribution in [1.29, 1.82) is 0 Å². The van der Waals surface area contributed by atoms with Crippen LogP contribution < -0.4 is 10.6 Å². The number of halogens is 1. The van der Waals surface area contributed by atoms with E-state index in [1.54, 1.807) is 18.2 Å². The fourth-order valence-corrected chi connectivity index (χ4v) is 2.03. The van der Waals surface area contributed by atoms with Crippen LogP contribution in [0.4, 0.5) is 10.1 Å². The summed E-state index contributed by atoms with van der Waals surface area (Å²) in [6, 6.07) is 6.19. The molecule has 0 atom stereocenters. The molecule has 0 aromatic heterocycles. The Balaban J connectivity index is 1.74. The minimum absolute atomic E-state index is 0.202. The van der Waals surface area contributed by atoms with Gasteiger partial charge in [0.1, 0.15) is 5.82 Å². The van der Waals surface area contributed by atoms with Crippen molar-refractivity contribution in [2.45, 2.75) is 26.2 Å². The van der Waals surface area contributed by atoms with E-state index in [9.17, 15) is 9.18 Å². The Morgan fingerprint density at radius 3 is 2.72 bits per heavy atom. The summed E-state index contributed by atoms with van der Waals surface area (Å²) < 4.78 is 13.3. The first-order chi connectivity index (χ1) is 8.65. The van der Waals surface area contributed by atoms with Crippen LogP contribution >= 0.6 is 0 Å². The first kappa shape index (κ1) is 13.0. The van der Waals surface area contributed by atoms with Crippen LogP contribution in [-0.2, 0) is 4.79 Å². The molecule has 18 heavy (non-hydrogen) atoms. The molecule has 4 heteroatoms. The number of benzene rings is 1. The zero-order valence-corrected chi connectivity index (χ0v) is 10.6. The molecule has 0 radical (unpaired) electrons. The molecular weight excluding hydrogens is 231 g/mol. The smallest absolute Gasteiger partial charge is 0.238 e. The van der Waals surface area contributed by atoms with Gasteiger partial charge in [-0.25, -0.2) is 4.39 Å². The minimum Gasteiger partial charge on any atom is -0.322 e. The van der Waals surface area contributed by atoms with E-state index in [0.717, 1.165) is 13.0 Å². The lowest BCUT2D eigenvalue weighted by Gasteiger charge is -2.13. The largest absolute Gasteiger partial charge is 0.322 e. The van der Waals surface area contributed by atoms with Crippen molar-refractivity contribution in [2.24, 2.45) is 5.41 Å². The number of hydrogen-bond donors (Lipinski definition) is 2. The number of para-hydroxylation sites is 1. The van der Waals surface area contributed by atoms with Gasteiger partial charge in [0.15, 0.2) is 0 Å². The van der Waals surface area contributed by atoms with Gasteiger partial charge in [-0.1, -0.05) is 19.1 Å². The second-order valence-electron chi connectivity index (χ2n) is 4.99. The van der Waals surface area contributed by atoms with E-state index in [-0.39, 0.29) is 18.1 Å². The fourth-order valence-electron chi connectivity index (χ4n) is 2.03. The van der Waals surface area contributed by atoms with Crippen LogP contribution in [0.15, 0.2) is 24.3 Å². The molecular formula is C14H19FN2O. The summed E-state index contributed by atoms with van der Waals surface area (Å²) in [5.41, 5.74) is 0.652. The summed E-state index contributed by atoms with van der Waals surface area (Å²) in [4.78, 5) is 11.6. The number of hydrogen-bond acceptors (Lipinski definition) is 2. The normalized spacial score (nSPS) is 16.3. The number of nitrogens with one attached hydrogen (secondary N) is 2. The molecule has 98 valence electrons. The van der Waals surface area contributed by atoms with E-state index >= 15 is 0 Å². The third-order valence-electron chi connectivity index (χ3n) is 3.64. The van der Waals surface area contributed by atoms with Crippen LogP contribution in [0, 0.1) is 11.2 Å². The lowest BCUT2D eigenvalue weighted by atomic mass is 10.0. The molecule has 3 nitrogen and oxygen atoms in total. The average Bonchev–Trinajstić information content (AvgIpc) is 3.13. The lowest BCUT2D eigenvalue weighted by Crippen LogP contribution is -2.32. The van der Waals surface area contributed by atoms with Crippen molar-refractivity contribution in [3.05, 3.63) is 30.1 Å². The Morgan fingerprint density at radius 2 is 2.11 bits per heavy atom. The lowest BCUT2D eigenvalue weighted by molar-refractivity contribution is -0.115. The Bertz CT molecular complexity index is 430. The van der Waals surface area contributed by atoms with Crippen molar-refractivity contribution in [3.8, 4) is 0 Å². The topological polar surface area (TPSA) is 41.1 Å². The summed E-state index contributed by atoms with van der Waals surface area (Å²) in [5.74, 6) is -0.606. The first-order valence-corrected chi connectivity index (χ1v) is 6.40. The third-order valence-corrected chi connectivity index (χ3v) is 3.64. The molecule has 0 unspecified atom stereocenters. The molecule has 0 bridgehead atoms. The zero-order chi connectivity index (χ0) is 13.0. The van der Waals surface area contributed by atoms with Gasteiger partial charge in [-0.2, -0.15) is 0 Å². The Hall–Kier alpha value is -1.42. The molecule has 1 fully saturated rings. The van der Waals surface area contributed by atoms with Crippen LogP contribution in [0.5, 0.6) is 0 Å². The minimum atomic E-state index is -0.405. The number of carbonyl (C=O) groups is 1. The van der Waals surface area contributed by atoms with Gasteiger partial charge in [0.25, 0.3) is 0 Å². The molecule has 0 spiro atoms. The van der Waals surface area contributed by atoms with Crippen LogP contribution in [0.3, 0.4) is 0 Å². The van der Waals surface area contributed by atoms with E-state index < -0.39 is 5.82 Å². The molecule has 2 rings (SSSR count). The Kier molecular flexibility index (Phi) is 3.97. The van der Waals surface area contributed by atoms with Crippen molar-refractivity contribution in [3.63, 3.8) is 0 Å². The Labute approximate surface area is 107 Å². The fraction of sp³-hybridized carbons (Fsp3) is 0.500. The van der Waals surface area contributed by atoms with Crippen molar-refractivity contribution in [1.82, 2.24) is 5.32 Å². The number of rotatable bonds is 6. The molecule has 1 saturated carbocycles. The highest BCUT2D eigenvalue weighted by Crippen LogP contribution is 2.47. The van der Waals surface area contributed by atoms with E-state index in [0.29, 0.717) is 5.41 Å². The van der Waals surface area contributed by atoms with E-state index in [1.165, 1.54) is 18.9 Å². The summed E-state index contributed by atoms with van der Waals surface area (Å²) in [6.07, 6.45) is 3.63. The van der Waals surface area contributed by atoms with Gasteiger partial charge in [0, 0.05) is 6.54 Å². The molecule has 0 heterocycles. The van der Waals surface area contributed by atoms with Crippen LogP contribution in [0.1, 0.15) is 26.2 Å². The predicted octanol–water partition coefficient (Wildman–Crippen LogP) is 2.54. The molecule has 0 saturated heterocycles. The van der Waals surface area contributed by atoms with Gasteiger partial charge < -0.3 is 10.6 Å². The zero-order valence-electron chi connectivity index (χ0n) is 10.6. The molecule has 1 aromatic carbocycles.